The third-order valence-electron chi connectivity index (χ3n) is 10.1. The Balaban J connectivity index is 1.82. The van der Waals surface area contributed by atoms with Gasteiger partial charge < -0.3 is 15.3 Å². The van der Waals surface area contributed by atoms with E-state index >= 15 is 0 Å². The molecule has 180 valence electrons. The topological polar surface area (TPSA) is 77.8 Å². The fourth-order valence-electron chi connectivity index (χ4n) is 8.25. The summed E-state index contributed by atoms with van der Waals surface area (Å²) in [6, 6.07) is 0. The van der Waals surface area contributed by atoms with Crippen LogP contribution in [0, 0.1) is 46.8 Å². The summed E-state index contributed by atoms with van der Waals surface area (Å²) >= 11 is 0. The third kappa shape index (κ3) is 5.16. The van der Waals surface area contributed by atoms with Crippen LogP contribution in [0.4, 0.5) is 0 Å². The summed E-state index contributed by atoms with van der Waals surface area (Å²) in [5.41, 5.74) is 0.228. The van der Waals surface area contributed by atoms with Gasteiger partial charge in [-0.15, -0.1) is 0 Å². The molecule has 4 heteroatoms. The van der Waals surface area contributed by atoms with Crippen LogP contribution in [0.2, 0.25) is 0 Å². The molecule has 0 saturated heterocycles. The molecule has 0 aromatic rings. The van der Waals surface area contributed by atoms with E-state index in [1.807, 2.05) is 0 Å². The Labute approximate surface area is 190 Å². The van der Waals surface area contributed by atoms with E-state index in [9.17, 15) is 15.0 Å². The highest BCUT2D eigenvalue weighted by Gasteiger charge is 2.58. The molecule has 0 amide bonds. The third-order valence-corrected chi connectivity index (χ3v) is 10.1. The van der Waals surface area contributed by atoms with Crippen molar-refractivity contribution in [2.45, 2.75) is 117 Å². The number of aliphatic hydroxyl groups excluding tert-OH is 2. The summed E-state index contributed by atoms with van der Waals surface area (Å²) in [5.74, 6) is 2.56. The van der Waals surface area contributed by atoms with Gasteiger partial charge in [0.2, 0.25) is 0 Å². The molecule has 3 unspecified atom stereocenters. The maximum Gasteiger partial charge on any atom is 0.303 e. The molecular weight excluding hydrogens is 388 g/mol. The zero-order valence-electron chi connectivity index (χ0n) is 20.4. The van der Waals surface area contributed by atoms with E-state index in [0.717, 1.165) is 38.5 Å². The standard InChI is InChI=1S/C27H48O4/c1-5-7-8-22-25(19-11-10-18(15-19)17(3)9-12-24(29)30)26(31)21(6-2)23-16-20(28)13-14-27(22,23)4/h17-23,25-26,28,31H,5-16H2,1-4H3,(H,29,30)/t17-,18+,19?,20-,21-,22?,23+,25?,26-,27-/m1/s1. The van der Waals surface area contributed by atoms with Crippen LogP contribution in [0.15, 0.2) is 0 Å². The van der Waals surface area contributed by atoms with Crippen molar-refractivity contribution in [2.24, 2.45) is 46.8 Å². The Morgan fingerprint density at radius 3 is 2.52 bits per heavy atom. The maximum atomic E-state index is 11.7. The lowest BCUT2D eigenvalue weighted by Gasteiger charge is -2.61. The average molecular weight is 437 g/mol. The Bertz CT molecular complexity index is 592. The quantitative estimate of drug-likeness (QED) is 0.421. The van der Waals surface area contributed by atoms with Gasteiger partial charge in [0.1, 0.15) is 0 Å². The van der Waals surface area contributed by atoms with Crippen molar-refractivity contribution in [3.05, 3.63) is 0 Å². The van der Waals surface area contributed by atoms with Crippen molar-refractivity contribution in [3.8, 4) is 0 Å². The molecule has 3 rings (SSSR count). The maximum absolute atomic E-state index is 11.7. The number of carboxylic acid groups (broad SMARTS) is 1. The van der Waals surface area contributed by atoms with E-state index in [1.54, 1.807) is 0 Å². The van der Waals surface area contributed by atoms with Crippen molar-refractivity contribution < 1.29 is 20.1 Å². The van der Waals surface area contributed by atoms with Crippen LogP contribution < -0.4 is 0 Å². The van der Waals surface area contributed by atoms with Crippen molar-refractivity contribution >= 4 is 5.97 Å². The van der Waals surface area contributed by atoms with Crippen molar-refractivity contribution in [3.63, 3.8) is 0 Å². The van der Waals surface area contributed by atoms with E-state index in [-0.39, 0.29) is 24.0 Å². The van der Waals surface area contributed by atoms with E-state index in [1.165, 1.54) is 32.1 Å². The number of hydrogen-bond donors (Lipinski definition) is 3. The molecule has 0 radical (unpaired) electrons. The molecule has 3 saturated carbocycles. The van der Waals surface area contributed by atoms with E-state index in [4.69, 9.17) is 5.11 Å². The fourth-order valence-corrected chi connectivity index (χ4v) is 8.25. The van der Waals surface area contributed by atoms with Crippen molar-refractivity contribution in [2.75, 3.05) is 0 Å². The predicted octanol–water partition coefficient (Wildman–Crippen LogP) is 5.89. The van der Waals surface area contributed by atoms with Crippen LogP contribution in [-0.4, -0.2) is 33.5 Å². The minimum atomic E-state index is -0.687. The Kier molecular flexibility index (Phi) is 8.51. The van der Waals surface area contributed by atoms with Crippen LogP contribution in [-0.2, 0) is 4.79 Å². The normalized spacial score (nSPS) is 44.1. The van der Waals surface area contributed by atoms with Crippen LogP contribution in [0.25, 0.3) is 0 Å². The largest absolute Gasteiger partial charge is 0.481 e. The van der Waals surface area contributed by atoms with Gasteiger partial charge in [-0.25, -0.2) is 0 Å². The van der Waals surface area contributed by atoms with E-state index < -0.39 is 5.97 Å². The first-order valence-corrected chi connectivity index (χ1v) is 13.3. The average Bonchev–Trinajstić information content (AvgIpc) is 3.21. The number of carboxylic acids is 1. The van der Waals surface area contributed by atoms with Crippen LogP contribution in [0.1, 0.15) is 105 Å². The molecule has 4 nitrogen and oxygen atoms in total. The summed E-state index contributed by atoms with van der Waals surface area (Å²) in [4.78, 5) is 11.0. The van der Waals surface area contributed by atoms with Gasteiger partial charge in [0, 0.05) is 6.42 Å². The lowest BCUT2D eigenvalue weighted by atomic mass is 9.45. The van der Waals surface area contributed by atoms with Gasteiger partial charge in [-0.2, -0.15) is 0 Å². The summed E-state index contributed by atoms with van der Waals surface area (Å²) in [7, 11) is 0. The first-order valence-electron chi connectivity index (χ1n) is 13.3. The highest BCUT2D eigenvalue weighted by atomic mass is 16.4. The molecule has 0 aromatic heterocycles. The number of rotatable bonds is 9. The van der Waals surface area contributed by atoms with Crippen molar-refractivity contribution in [1.82, 2.24) is 0 Å². The summed E-state index contributed by atoms with van der Waals surface area (Å²) in [6.07, 6.45) is 11.6. The number of aliphatic carboxylic acids is 1. The zero-order chi connectivity index (χ0) is 22.8. The summed E-state index contributed by atoms with van der Waals surface area (Å²) in [6.45, 7) is 9.22. The summed E-state index contributed by atoms with van der Waals surface area (Å²) in [5, 5.41) is 31.3. The molecular formula is C27H48O4. The minimum Gasteiger partial charge on any atom is -0.481 e. The molecule has 3 aliphatic carbocycles. The van der Waals surface area contributed by atoms with Gasteiger partial charge in [0.15, 0.2) is 0 Å². The number of aliphatic hydroxyl groups is 2. The van der Waals surface area contributed by atoms with Gasteiger partial charge in [-0.05, 0) is 98.2 Å². The second-order valence-electron chi connectivity index (χ2n) is 11.7. The summed E-state index contributed by atoms with van der Waals surface area (Å²) < 4.78 is 0. The van der Waals surface area contributed by atoms with Gasteiger partial charge >= 0.3 is 5.97 Å². The molecule has 0 spiro atoms. The molecule has 3 aliphatic rings. The number of fused-ring (bicyclic) bond motifs is 1. The smallest absolute Gasteiger partial charge is 0.303 e. The molecule has 0 bridgehead atoms. The highest BCUT2D eigenvalue weighted by molar-refractivity contribution is 5.66. The Morgan fingerprint density at radius 1 is 1.13 bits per heavy atom. The molecule has 31 heavy (non-hydrogen) atoms. The van der Waals surface area contributed by atoms with Crippen LogP contribution in [0.5, 0.6) is 0 Å². The molecule has 3 fully saturated rings. The van der Waals surface area contributed by atoms with E-state index in [2.05, 4.69) is 27.7 Å². The van der Waals surface area contributed by atoms with Gasteiger partial charge in [-0.1, -0.05) is 47.0 Å². The molecule has 0 aliphatic heterocycles. The van der Waals surface area contributed by atoms with Gasteiger partial charge in [0.25, 0.3) is 0 Å². The van der Waals surface area contributed by atoms with Gasteiger partial charge in [-0.3, -0.25) is 4.79 Å². The fraction of sp³-hybridized carbons (Fsp3) is 0.963. The lowest BCUT2D eigenvalue weighted by molar-refractivity contribution is -0.174. The Morgan fingerprint density at radius 2 is 1.87 bits per heavy atom. The lowest BCUT2D eigenvalue weighted by Crippen LogP contribution is -2.58. The molecule has 3 N–H and O–H groups in total. The first kappa shape index (κ1) is 25.0. The van der Waals surface area contributed by atoms with Crippen molar-refractivity contribution in [1.29, 1.82) is 0 Å². The molecule has 0 heterocycles. The van der Waals surface area contributed by atoms with Crippen LogP contribution >= 0.6 is 0 Å². The first-order chi connectivity index (χ1) is 14.7. The Hall–Kier alpha value is -0.610. The number of unbranched alkanes of at least 4 members (excludes halogenated alkanes) is 1. The number of carbonyl (C=O) groups is 1. The SMILES string of the molecule is CCCCC1C(C2CC[C@H]([C@H](C)CCC(=O)O)C2)[C@H](O)[C@H](CC)[C@@H]2C[C@H](O)CC[C@]12C. The second kappa shape index (κ2) is 10.5. The predicted molar refractivity (Wildman–Crippen MR) is 125 cm³/mol. The second-order valence-corrected chi connectivity index (χ2v) is 11.7. The van der Waals surface area contributed by atoms with E-state index in [0.29, 0.717) is 41.4 Å². The molecule has 0 aromatic carbocycles. The van der Waals surface area contributed by atoms with Gasteiger partial charge in [0.05, 0.1) is 12.2 Å². The zero-order valence-corrected chi connectivity index (χ0v) is 20.4. The minimum absolute atomic E-state index is 0.200. The highest BCUT2D eigenvalue weighted by Crippen LogP contribution is 2.62. The van der Waals surface area contributed by atoms with Crippen LogP contribution in [0.3, 0.4) is 0 Å². The molecule has 10 atom stereocenters. The monoisotopic (exact) mass is 436 g/mol. The number of hydrogen-bond acceptors (Lipinski definition) is 3.